The predicted octanol–water partition coefficient (Wildman–Crippen LogP) is 0.622. The second-order valence-electron chi connectivity index (χ2n) is 11.1. The first-order valence-corrected chi connectivity index (χ1v) is 14.7. The van der Waals surface area contributed by atoms with Gasteiger partial charge in [0.25, 0.3) is 0 Å². The van der Waals surface area contributed by atoms with Crippen LogP contribution in [0.3, 0.4) is 0 Å². The average Bonchev–Trinajstić information content (AvgIpc) is 3.62. The first kappa shape index (κ1) is 33.1. The number of amides is 1. The maximum atomic E-state index is 12.9. The van der Waals surface area contributed by atoms with E-state index >= 15 is 0 Å². The summed E-state index contributed by atoms with van der Waals surface area (Å²) >= 11 is 6.10. The first-order valence-electron chi connectivity index (χ1n) is 14.3. The Morgan fingerprint density at radius 1 is 0.956 bits per heavy atom. The summed E-state index contributed by atoms with van der Waals surface area (Å²) in [4.78, 5) is 12.9. The number of hydrogen-bond donors (Lipinski definition) is 7. The molecule has 1 aliphatic carbocycles. The Morgan fingerprint density at radius 3 is 2.38 bits per heavy atom. The maximum absolute atomic E-state index is 12.9. The van der Waals surface area contributed by atoms with Gasteiger partial charge in [-0.05, 0) is 61.4 Å². The molecule has 2 heterocycles. The van der Waals surface area contributed by atoms with Crippen LogP contribution in [0.15, 0.2) is 59.7 Å². The van der Waals surface area contributed by atoms with E-state index in [1.54, 1.807) is 43.3 Å². The molecule has 1 amide bonds. The molecule has 2 aromatic carbocycles. The highest BCUT2D eigenvalue weighted by atomic mass is 35.5. The van der Waals surface area contributed by atoms with Crippen molar-refractivity contribution in [1.29, 1.82) is 0 Å². The number of phenolic OH excluding ortho intramolecular Hbond substituents is 1. The fourth-order valence-electron chi connectivity index (χ4n) is 5.45. The van der Waals surface area contributed by atoms with E-state index in [-0.39, 0.29) is 30.5 Å². The molecule has 5 rings (SSSR count). The summed E-state index contributed by atoms with van der Waals surface area (Å²) in [7, 11) is 0. The molecular formula is C31H36ClNO12. The lowest BCUT2D eigenvalue weighted by Gasteiger charge is -2.41. The number of ether oxygens (including phenoxy) is 5. The molecule has 7 N–H and O–H groups in total. The molecule has 244 valence electrons. The monoisotopic (exact) mass is 649 g/mol. The van der Waals surface area contributed by atoms with E-state index in [1.165, 1.54) is 25.1 Å². The molecule has 0 spiro atoms. The number of para-hydroxylation sites is 1. The van der Waals surface area contributed by atoms with Crippen LogP contribution >= 0.6 is 11.6 Å². The summed E-state index contributed by atoms with van der Waals surface area (Å²) in [5, 5.41) is 66.1. The first-order chi connectivity index (χ1) is 21.5. The lowest BCUT2D eigenvalue weighted by Crippen LogP contribution is -2.67. The molecule has 2 saturated heterocycles. The lowest BCUT2D eigenvalue weighted by molar-refractivity contribution is -0.155. The second-order valence-corrected chi connectivity index (χ2v) is 11.5. The summed E-state index contributed by atoms with van der Waals surface area (Å²) in [5.41, 5.74) is 1.17. The van der Waals surface area contributed by atoms with Crippen LogP contribution < -0.4 is 14.8 Å². The Labute approximate surface area is 263 Å². The third kappa shape index (κ3) is 7.12. The molecule has 3 fully saturated rings. The van der Waals surface area contributed by atoms with Crippen LogP contribution in [-0.4, -0.2) is 111 Å². The van der Waals surface area contributed by atoms with E-state index < -0.39 is 67.1 Å². The number of benzene rings is 2. The minimum atomic E-state index is -1.49. The van der Waals surface area contributed by atoms with Gasteiger partial charge in [-0.2, -0.15) is 0 Å². The van der Waals surface area contributed by atoms with Crippen molar-refractivity contribution in [2.45, 2.75) is 75.0 Å². The van der Waals surface area contributed by atoms with Gasteiger partial charge < -0.3 is 59.6 Å². The Balaban J connectivity index is 1.18. The largest absolute Gasteiger partial charge is 0.504 e. The van der Waals surface area contributed by atoms with Crippen molar-refractivity contribution in [3.05, 3.63) is 70.3 Å². The zero-order valence-corrected chi connectivity index (χ0v) is 25.2. The minimum absolute atomic E-state index is 0.0365. The van der Waals surface area contributed by atoms with Crippen molar-refractivity contribution in [2.24, 2.45) is 0 Å². The van der Waals surface area contributed by atoms with Gasteiger partial charge >= 0.3 is 0 Å². The Bertz CT molecular complexity index is 1440. The molecule has 10 atom stereocenters. The fourth-order valence-corrected chi connectivity index (χ4v) is 5.64. The number of phenols is 1. The molecule has 3 aliphatic rings. The van der Waals surface area contributed by atoms with E-state index in [1.807, 2.05) is 0 Å². The molecular weight excluding hydrogens is 614 g/mol. The van der Waals surface area contributed by atoms with Crippen molar-refractivity contribution in [1.82, 2.24) is 5.32 Å². The van der Waals surface area contributed by atoms with Crippen LogP contribution in [0.1, 0.15) is 19.4 Å². The molecule has 2 aliphatic heterocycles. The van der Waals surface area contributed by atoms with E-state index in [0.717, 1.165) is 0 Å². The number of nitrogens with one attached hydrogen (secondary N) is 1. The third-order valence-electron chi connectivity index (χ3n) is 8.02. The number of fused-ring (bicyclic) bond motifs is 1. The smallest absolute Gasteiger partial charge is 0.247 e. The molecule has 2 aromatic rings. The van der Waals surface area contributed by atoms with Crippen LogP contribution in [0, 0.1) is 0 Å². The van der Waals surface area contributed by atoms with Crippen molar-refractivity contribution < 1.29 is 59.1 Å². The highest BCUT2D eigenvalue weighted by molar-refractivity contribution is 6.32. The number of carbonyl (C=O) groups excluding carboxylic acids is 1. The van der Waals surface area contributed by atoms with Gasteiger partial charge in [0, 0.05) is 5.57 Å². The standard InChI is InChI=1S/C31H36ClNO12/c1-14(9-10-41-19-6-4-3-5-17(19)32)27-25(38)26(39)31(45-27)44-20-8-7-16(12-18(20)34)11-15(2)30(40)33-21-22(35)24(37)29-28(23(21)36)42-13-43-29/h3-9,11-12,21-29,31,34-39H,10,13H2,1-2H3,(H,33,40)/b14-9-,15-11+/t21-,22+,23-,24-,25+,26+,27-,28+,29-,31-/m1/s1. The normalized spacial score (nSPS) is 33.5. The van der Waals surface area contributed by atoms with Crippen LogP contribution in [-0.2, 0) is 19.0 Å². The average molecular weight is 650 g/mol. The van der Waals surface area contributed by atoms with Crippen LogP contribution in [0.5, 0.6) is 17.2 Å². The number of carbonyl (C=O) groups is 1. The highest BCUT2D eigenvalue weighted by Gasteiger charge is 2.53. The number of hydrogen-bond acceptors (Lipinski definition) is 12. The summed E-state index contributed by atoms with van der Waals surface area (Å²) in [5.74, 6) is -0.496. The summed E-state index contributed by atoms with van der Waals surface area (Å²) < 4.78 is 27.6. The molecule has 1 saturated carbocycles. The molecule has 13 nitrogen and oxygen atoms in total. The minimum Gasteiger partial charge on any atom is -0.504 e. The van der Waals surface area contributed by atoms with Crippen molar-refractivity contribution >= 4 is 23.6 Å². The summed E-state index contributed by atoms with van der Waals surface area (Å²) in [6, 6.07) is 10.0. The number of halogens is 1. The third-order valence-corrected chi connectivity index (χ3v) is 8.33. The second kappa shape index (κ2) is 14.0. The van der Waals surface area contributed by atoms with Gasteiger partial charge in [0.15, 0.2) is 11.5 Å². The van der Waals surface area contributed by atoms with Gasteiger partial charge in [-0.25, -0.2) is 0 Å². The Morgan fingerprint density at radius 2 is 1.67 bits per heavy atom. The molecule has 45 heavy (non-hydrogen) atoms. The SMILES string of the molecule is C/C(=C/COc1ccccc1Cl)[C@H]1O[C@@H](Oc2ccc(/C=C(\C)C(=O)N[C@@H]3[C@H](O)[C@@H](O)[C@H]4OCO[C@H]4[C@@H]3O)cc2O)[C@@H](O)[C@@H]1O. The van der Waals surface area contributed by atoms with Gasteiger partial charge in [0.05, 0.1) is 11.1 Å². The topological polar surface area (TPSA) is 197 Å². The summed E-state index contributed by atoms with van der Waals surface area (Å²) in [6.07, 6.45) is -7.78. The number of aliphatic hydroxyl groups excluding tert-OH is 5. The molecule has 0 unspecified atom stereocenters. The van der Waals surface area contributed by atoms with Crippen LogP contribution in [0.25, 0.3) is 6.08 Å². The van der Waals surface area contributed by atoms with E-state index in [4.69, 9.17) is 35.3 Å². The molecule has 14 heteroatoms. The van der Waals surface area contributed by atoms with Crippen molar-refractivity contribution in [2.75, 3.05) is 13.4 Å². The maximum Gasteiger partial charge on any atom is 0.247 e. The lowest BCUT2D eigenvalue weighted by atomic mass is 9.83. The number of aromatic hydroxyl groups is 1. The van der Waals surface area contributed by atoms with Gasteiger partial charge in [0.2, 0.25) is 12.2 Å². The molecule has 0 bridgehead atoms. The van der Waals surface area contributed by atoms with Crippen molar-refractivity contribution in [3.63, 3.8) is 0 Å². The van der Waals surface area contributed by atoms with E-state index in [0.29, 0.717) is 21.9 Å². The van der Waals surface area contributed by atoms with Crippen molar-refractivity contribution in [3.8, 4) is 17.2 Å². The van der Waals surface area contributed by atoms with Crippen LogP contribution in [0.4, 0.5) is 0 Å². The van der Waals surface area contributed by atoms with Gasteiger partial charge in [-0.15, -0.1) is 0 Å². The van der Waals surface area contributed by atoms with Gasteiger partial charge in [0.1, 0.15) is 68.0 Å². The number of rotatable bonds is 9. The van der Waals surface area contributed by atoms with Crippen LogP contribution in [0.2, 0.25) is 5.02 Å². The predicted molar refractivity (Wildman–Crippen MR) is 158 cm³/mol. The number of aliphatic hydroxyl groups is 5. The quantitative estimate of drug-likeness (QED) is 0.148. The van der Waals surface area contributed by atoms with E-state index in [9.17, 15) is 35.4 Å². The highest BCUT2D eigenvalue weighted by Crippen LogP contribution is 2.34. The Kier molecular flexibility index (Phi) is 10.3. The zero-order valence-electron chi connectivity index (χ0n) is 24.4. The molecule has 0 aromatic heterocycles. The summed E-state index contributed by atoms with van der Waals surface area (Å²) in [6.45, 7) is 3.20. The Hall–Kier alpha value is -3.24. The van der Waals surface area contributed by atoms with Gasteiger partial charge in [-0.3, -0.25) is 4.79 Å². The molecule has 0 radical (unpaired) electrons. The zero-order chi connectivity index (χ0) is 32.4. The fraction of sp³-hybridized carbons (Fsp3) is 0.452. The van der Waals surface area contributed by atoms with Gasteiger partial charge in [-0.1, -0.05) is 29.8 Å². The van der Waals surface area contributed by atoms with E-state index in [2.05, 4.69) is 5.32 Å².